The van der Waals surface area contributed by atoms with E-state index in [9.17, 15) is 9.59 Å². The Kier molecular flexibility index (Phi) is 4.64. The quantitative estimate of drug-likeness (QED) is 0.933. The number of aryl methyl sites for hydroxylation is 1. The average Bonchev–Trinajstić information content (AvgIpc) is 3.00. The van der Waals surface area contributed by atoms with Crippen molar-refractivity contribution in [3.63, 3.8) is 0 Å². The molecule has 1 aromatic carbocycles. The number of aromatic nitrogens is 2. The zero-order valence-electron chi connectivity index (χ0n) is 13.8. The van der Waals surface area contributed by atoms with Crippen molar-refractivity contribution in [3.8, 4) is 0 Å². The van der Waals surface area contributed by atoms with Gasteiger partial charge >= 0.3 is 0 Å². The molecule has 0 saturated carbocycles. The van der Waals surface area contributed by atoms with Crippen LogP contribution in [-0.2, 0) is 6.54 Å². The predicted octanol–water partition coefficient (Wildman–Crippen LogP) is 1.99. The van der Waals surface area contributed by atoms with Crippen LogP contribution in [0.2, 0.25) is 0 Å². The second kappa shape index (κ2) is 6.86. The Balaban J connectivity index is 1.80. The van der Waals surface area contributed by atoms with Crippen LogP contribution in [0.5, 0.6) is 0 Å². The Hall–Kier alpha value is -2.63. The molecule has 0 unspecified atom stereocenters. The van der Waals surface area contributed by atoms with E-state index in [0.717, 1.165) is 31.4 Å². The number of hydrogen-bond acceptors (Lipinski definition) is 3. The van der Waals surface area contributed by atoms with Gasteiger partial charge in [-0.1, -0.05) is 6.07 Å². The van der Waals surface area contributed by atoms with Crippen LogP contribution in [-0.4, -0.2) is 39.1 Å². The maximum absolute atomic E-state index is 12.9. The topological polar surface area (TPSA) is 81.2 Å². The summed E-state index contributed by atoms with van der Waals surface area (Å²) in [5.41, 5.74) is 7.29. The van der Waals surface area contributed by atoms with E-state index in [1.54, 1.807) is 24.3 Å². The van der Waals surface area contributed by atoms with E-state index < -0.39 is 5.91 Å². The van der Waals surface area contributed by atoms with Gasteiger partial charge in [-0.2, -0.15) is 5.10 Å². The van der Waals surface area contributed by atoms with E-state index in [0.29, 0.717) is 17.7 Å². The molecule has 6 nitrogen and oxygen atoms in total. The second-order valence-electron chi connectivity index (χ2n) is 6.33. The number of hydrogen-bond donors (Lipinski definition) is 1. The van der Waals surface area contributed by atoms with Crippen molar-refractivity contribution in [1.29, 1.82) is 0 Å². The summed E-state index contributed by atoms with van der Waals surface area (Å²) in [6, 6.07) is 6.75. The molecule has 1 aliphatic rings. The fourth-order valence-corrected chi connectivity index (χ4v) is 3.21. The molecular weight excluding hydrogens is 304 g/mol. The Morgan fingerprint density at radius 1 is 1.29 bits per heavy atom. The van der Waals surface area contributed by atoms with Crippen molar-refractivity contribution in [1.82, 2.24) is 14.7 Å². The van der Waals surface area contributed by atoms with E-state index >= 15 is 0 Å². The molecule has 1 fully saturated rings. The zero-order valence-corrected chi connectivity index (χ0v) is 13.8. The highest BCUT2D eigenvalue weighted by molar-refractivity contribution is 5.99. The summed E-state index contributed by atoms with van der Waals surface area (Å²) in [4.78, 5) is 26.2. The van der Waals surface area contributed by atoms with E-state index in [1.807, 2.05) is 28.9 Å². The first-order valence-electron chi connectivity index (χ1n) is 8.24. The molecule has 2 aromatic rings. The Morgan fingerprint density at radius 2 is 2.08 bits per heavy atom. The van der Waals surface area contributed by atoms with Crippen molar-refractivity contribution in [2.24, 2.45) is 5.73 Å². The van der Waals surface area contributed by atoms with Gasteiger partial charge < -0.3 is 10.6 Å². The standard InChI is InChI=1S/C18H22N4O2/c1-13-10-20-21(11-13)12-16-7-2-3-8-22(16)18(24)15-6-4-5-14(9-15)17(19)23/h4-6,9-11,16H,2-3,7-8,12H2,1H3,(H2,19,23)/t16-/m1/s1. The van der Waals surface area contributed by atoms with Crippen LogP contribution in [0.4, 0.5) is 0 Å². The number of piperidine rings is 1. The summed E-state index contributed by atoms with van der Waals surface area (Å²) in [6.45, 7) is 3.42. The van der Waals surface area contributed by atoms with Crippen LogP contribution in [0.25, 0.3) is 0 Å². The molecule has 1 aromatic heterocycles. The predicted molar refractivity (Wildman–Crippen MR) is 90.6 cm³/mol. The SMILES string of the molecule is Cc1cnn(C[C@H]2CCCCN2C(=O)c2cccc(C(N)=O)c2)c1. The minimum Gasteiger partial charge on any atom is -0.366 e. The van der Waals surface area contributed by atoms with E-state index in [1.165, 1.54) is 0 Å². The van der Waals surface area contributed by atoms with Crippen molar-refractivity contribution in [2.75, 3.05) is 6.54 Å². The lowest BCUT2D eigenvalue weighted by molar-refractivity contribution is 0.0584. The molecule has 6 heteroatoms. The third-order valence-corrected chi connectivity index (χ3v) is 4.44. The van der Waals surface area contributed by atoms with Crippen molar-refractivity contribution in [2.45, 2.75) is 38.8 Å². The number of benzene rings is 1. The van der Waals surface area contributed by atoms with Gasteiger partial charge in [0.05, 0.1) is 18.8 Å². The number of likely N-dealkylation sites (tertiary alicyclic amines) is 1. The summed E-state index contributed by atoms with van der Waals surface area (Å²) in [5, 5.41) is 4.33. The summed E-state index contributed by atoms with van der Waals surface area (Å²) < 4.78 is 1.89. The highest BCUT2D eigenvalue weighted by Crippen LogP contribution is 2.21. The maximum Gasteiger partial charge on any atom is 0.254 e. The number of carbonyl (C=O) groups is 2. The van der Waals surface area contributed by atoms with Crippen LogP contribution in [0.3, 0.4) is 0 Å². The molecule has 1 saturated heterocycles. The van der Waals surface area contributed by atoms with Crippen molar-refractivity contribution >= 4 is 11.8 Å². The van der Waals surface area contributed by atoms with E-state index in [4.69, 9.17) is 5.73 Å². The molecule has 2 amide bonds. The van der Waals surface area contributed by atoms with E-state index in [-0.39, 0.29) is 11.9 Å². The number of nitrogens with two attached hydrogens (primary N) is 1. The fraction of sp³-hybridized carbons (Fsp3) is 0.389. The molecule has 0 bridgehead atoms. The summed E-state index contributed by atoms with van der Waals surface area (Å²) >= 11 is 0. The van der Waals surface area contributed by atoms with Gasteiger partial charge in [-0.15, -0.1) is 0 Å². The van der Waals surface area contributed by atoms with Gasteiger partial charge in [0.25, 0.3) is 5.91 Å². The molecule has 0 aliphatic carbocycles. The Bertz CT molecular complexity index is 753. The zero-order chi connectivity index (χ0) is 17.1. The molecule has 24 heavy (non-hydrogen) atoms. The van der Waals surface area contributed by atoms with Crippen LogP contribution in [0.15, 0.2) is 36.7 Å². The van der Waals surface area contributed by atoms with Crippen molar-refractivity contribution in [3.05, 3.63) is 53.3 Å². The summed E-state index contributed by atoms with van der Waals surface area (Å²) in [7, 11) is 0. The Labute approximate surface area is 141 Å². The molecule has 0 spiro atoms. The molecule has 2 heterocycles. The van der Waals surface area contributed by atoms with Gasteiger partial charge in [-0.3, -0.25) is 14.3 Å². The number of rotatable bonds is 4. The number of primary amides is 1. The number of nitrogens with zero attached hydrogens (tertiary/aromatic N) is 3. The van der Waals surface area contributed by atoms with Crippen LogP contribution >= 0.6 is 0 Å². The van der Waals surface area contributed by atoms with Crippen LogP contribution < -0.4 is 5.73 Å². The summed E-state index contributed by atoms with van der Waals surface area (Å²) in [6.07, 6.45) is 6.88. The average molecular weight is 326 g/mol. The first-order valence-corrected chi connectivity index (χ1v) is 8.24. The minimum absolute atomic E-state index is 0.0494. The number of amides is 2. The van der Waals surface area contributed by atoms with Crippen LogP contribution in [0, 0.1) is 6.92 Å². The van der Waals surface area contributed by atoms with Gasteiger partial charge in [0.1, 0.15) is 0 Å². The molecule has 2 N–H and O–H groups in total. The molecule has 126 valence electrons. The van der Waals surface area contributed by atoms with Crippen LogP contribution in [0.1, 0.15) is 45.5 Å². The highest BCUT2D eigenvalue weighted by atomic mass is 16.2. The molecule has 1 aliphatic heterocycles. The van der Waals surface area contributed by atoms with Gasteiger partial charge in [0.2, 0.25) is 5.91 Å². The third kappa shape index (κ3) is 3.48. The van der Waals surface area contributed by atoms with E-state index in [2.05, 4.69) is 5.10 Å². The maximum atomic E-state index is 12.9. The molecule has 3 rings (SSSR count). The fourth-order valence-electron chi connectivity index (χ4n) is 3.21. The molecular formula is C18H22N4O2. The largest absolute Gasteiger partial charge is 0.366 e. The monoisotopic (exact) mass is 326 g/mol. The van der Waals surface area contributed by atoms with Gasteiger partial charge in [0.15, 0.2) is 0 Å². The highest BCUT2D eigenvalue weighted by Gasteiger charge is 2.28. The number of carbonyl (C=O) groups excluding carboxylic acids is 2. The smallest absolute Gasteiger partial charge is 0.254 e. The molecule has 1 atom stereocenters. The first-order chi connectivity index (χ1) is 11.5. The summed E-state index contributed by atoms with van der Waals surface area (Å²) in [5.74, 6) is -0.571. The normalized spacial score (nSPS) is 17.7. The Morgan fingerprint density at radius 3 is 2.79 bits per heavy atom. The minimum atomic E-state index is -0.521. The first kappa shape index (κ1) is 16.2. The molecule has 0 radical (unpaired) electrons. The lowest BCUT2D eigenvalue weighted by Crippen LogP contribution is -2.46. The second-order valence-corrected chi connectivity index (χ2v) is 6.33. The lowest BCUT2D eigenvalue weighted by atomic mass is 10.00. The van der Waals surface area contributed by atoms with Crippen molar-refractivity contribution < 1.29 is 9.59 Å². The van der Waals surface area contributed by atoms with Gasteiger partial charge in [-0.05, 0) is 49.9 Å². The lowest BCUT2D eigenvalue weighted by Gasteiger charge is -2.36. The van der Waals surface area contributed by atoms with Gasteiger partial charge in [0, 0.05) is 23.9 Å². The third-order valence-electron chi connectivity index (χ3n) is 4.44. The van der Waals surface area contributed by atoms with Gasteiger partial charge in [-0.25, -0.2) is 0 Å².